The molecule has 0 bridgehead atoms. The minimum Gasteiger partial charge on any atom is -0.357 e. The van der Waals surface area contributed by atoms with Crippen LogP contribution in [0.25, 0.3) is 0 Å². The summed E-state index contributed by atoms with van der Waals surface area (Å²) in [6, 6.07) is 19.9. The number of hydrogen-bond donors (Lipinski definition) is 1. The molecule has 1 atom stereocenters. The van der Waals surface area contributed by atoms with Crippen LogP contribution < -0.4 is 9.62 Å². The summed E-state index contributed by atoms with van der Waals surface area (Å²) in [5, 5.41) is 2.96. The average molecular weight is 542 g/mol. The minimum absolute atomic E-state index is 0.0539. The second-order valence-corrected chi connectivity index (χ2v) is 11.1. The van der Waals surface area contributed by atoms with Crippen molar-refractivity contribution in [2.75, 3.05) is 17.9 Å². The van der Waals surface area contributed by atoms with Crippen molar-refractivity contribution in [3.05, 3.63) is 94.5 Å². The summed E-state index contributed by atoms with van der Waals surface area (Å²) in [4.78, 5) is 28.1. The molecule has 3 aromatic rings. The number of anilines is 1. The van der Waals surface area contributed by atoms with Crippen LogP contribution >= 0.6 is 11.6 Å². The van der Waals surface area contributed by atoms with Crippen molar-refractivity contribution in [3.63, 3.8) is 0 Å². The standard InChI is InChI=1S/C28H32ClN3O4S/c1-5-25(28(34)30-4)31(18-22-9-7-6-8-10-22)27(33)19-32(26-17-23(29)14-13-21(26)3)37(35,36)24-15-11-20(2)12-16-24/h6-17,25H,5,18-19H2,1-4H3,(H,30,34)/t25-/m1/s1. The molecule has 0 aromatic heterocycles. The van der Waals surface area contributed by atoms with Gasteiger partial charge >= 0.3 is 0 Å². The summed E-state index contributed by atoms with van der Waals surface area (Å²) in [7, 11) is -2.63. The predicted molar refractivity (Wildman–Crippen MR) is 147 cm³/mol. The molecule has 7 nitrogen and oxygen atoms in total. The van der Waals surface area contributed by atoms with Crippen molar-refractivity contribution in [2.45, 2.75) is 44.7 Å². The molecule has 196 valence electrons. The molecule has 0 radical (unpaired) electrons. The molecule has 3 rings (SSSR count). The maximum atomic E-state index is 13.9. The summed E-state index contributed by atoms with van der Waals surface area (Å²) in [6.45, 7) is 5.09. The predicted octanol–water partition coefficient (Wildman–Crippen LogP) is 4.71. The maximum absolute atomic E-state index is 13.9. The quantitative estimate of drug-likeness (QED) is 0.403. The molecule has 37 heavy (non-hydrogen) atoms. The molecule has 0 aliphatic carbocycles. The number of rotatable bonds is 10. The summed E-state index contributed by atoms with van der Waals surface area (Å²) < 4.78 is 28.9. The lowest BCUT2D eigenvalue weighted by molar-refractivity contribution is -0.140. The van der Waals surface area contributed by atoms with Crippen LogP contribution in [0.5, 0.6) is 0 Å². The summed E-state index contributed by atoms with van der Waals surface area (Å²) in [5.74, 6) is -0.826. The van der Waals surface area contributed by atoms with Gasteiger partial charge in [0.15, 0.2) is 0 Å². The van der Waals surface area contributed by atoms with E-state index in [1.165, 1.54) is 30.1 Å². The van der Waals surface area contributed by atoms with E-state index in [2.05, 4.69) is 5.32 Å². The van der Waals surface area contributed by atoms with Crippen molar-refractivity contribution in [1.29, 1.82) is 0 Å². The lowest BCUT2D eigenvalue weighted by Crippen LogP contribution is -2.51. The van der Waals surface area contributed by atoms with Crippen molar-refractivity contribution in [2.24, 2.45) is 0 Å². The van der Waals surface area contributed by atoms with Gasteiger partial charge in [0.2, 0.25) is 11.8 Å². The smallest absolute Gasteiger partial charge is 0.264 e. The third kappa shape index (κ3) is 6.70. The molecule has 0 aliphatic rings. The third-order valence-corrected chi connectivity index (χ3v) is 8.16. The van der Waals surface area contributed by atoms with E-state index >= 15 is 0 Å². The highest BCUT2D eigenvalue weighted by Crippen LogP contribution is 2.30. The van der Waals surface area contributed by atoms with Crippen LogP contribution in [-0.2, 0) is 26.2 Å². The number of halogens is 1. The van der Waals surface area contributed by atoms with Gasteiger partial charge in [-0.05, 0) is 55.7 Å². The number of hydrogen-bond acceptors (Lipinski definition) is 4. The monoisotopic (exact) mass is 541 g/mol. The molecule has 0 unspecified atom stereocenters. The van der Waals surface area contributed by atoms with E-state index in [0.29, 0.717) is 22.7 Å². The Labute approximate surface area is 224 Å². The Hall–Kier alpha value is -3.36. The van der Waals surface area contributed by atoms with Crippen LogP contribution in [0.3, 0.4) is 0 Å². The lowest BCUT2D eigenvalue weighted by Gasteiger charge is -2.33. The van der Waals surface area contributed by atoms with E-state index in [1.54, 1.807) is 31.2 Å². The molecule has 2 amide bonds. The van der Waals surface area contributed by atoms with E-state index in [0.717, 1.165) is 15.4 Å². The maximum Gasteiger partial charge on any atom is 0.264 e. The minimum atomic E-state index is -4.14. The SMILES string of the molecule is CC[C@H](C(=O)NC)N(Cc1ccccc1)C(=O)CN(c1cc(Cl)ccc1C)S(=O)(=O)c1ccc(C)cc1. The number of nitrogens with zero attached hydrogens (tertiary/aromatic N) is 2. The number of amides is 2. The first-order chi connectivity index (χ1) is 17.6. The molecular weight excluding hydrogens is 510 g/mol. The van der Waals surface area contributed by atoms with Gasteiger partial charge in [-0.2, -0.15) is 0 Å². The number of likely N-dealkylation sites (N-methyl/N-ethyl adjacent to an activating group) is 1. The number of carbonyl (C=O) groups is 2. The van der Waals surface area contributed by atoms with Crippen LogP contribution in [0.2, 0.25) is 5.02 Å². The molecular formula is C28H32ClN3O4S. The van der Waals surface area contributed by atoms with Gasteiger partial charge in [-0.15, -0.1) is 0 Å². The highest BCUT2D eigenvalue weighted by molar-refractivity contribution is 7.92. The van der Waals surface area contributed by atoms with Gasteiger partial charge in [0.05, 0.1) is 10.6 Å². The molecule has 9 heteroatoms. The van der Waals surface area contributed by atoms with Gasteiger partial charge in [0.25, 0.3) is 10.0 Å². The van der Waals surface area contributed by atoms with Crippen LogP contribution in [0.1, 0.15) is 30.0 Å². The summed E-state index contributed by atoms with van der Waals surface area (Å²) in [6.07, 6.45) is 0.360. The van der Waals surface area contributed by atoms with Gasteiger partial charge in [-0.3, -0.25) is 13.9 Å². The molecule has 1 N–H and O–H groups in total. The fourth-order valence-corrected chi connectivity index (χ4v) is 5.71. The zero-order valence-corrected chi connectivity index (χ0v) is 23.0. The average Bonchev–Trinajstić information content (AvgIpc) is 2.89. The number of nitrogens with one attached hydrogen (secondary N) is 1. The van der Waals surface area contributed by atoms with Crippen molar-refractivity contribution < 1.29 is 18.0 Å². The Balaban J connectivity index is 2.10. The number of sulfonamides is 1. The molecule has 0 heterocycles. The largest absolute Gasteiger partial charge is 0.357 e. The topological polar surface area (TPSA) is 86.8 Å². The highest BCUT2D eigenvalue weighted by atomic mass is 35.5. The van der Waals surface area contributed by atoms with Gasteiger partial charge in [-0.25, -0.2) is 8.42 Å². The zero-order chi connectivity index (χ0) is 27.2. The van der Waals surface area contributed by atoms with Gasteiger partial charge in [0, 0.05) is 18.6 Å². The number of carbonyl (C=O) groups excluding carboxylic acids is 2. The molecule has 0 saturated carbocycles. The highest BCUT2D eigenvalue weighted by Gasteiger charge is 2.34. The third-order valence-electron chi connectivity index (χ3n) is 6.16. The van der Waals surface area contributed by atoms with E-state index in [-0.39, 0.29) is 17.3 Å². The van der Waals surface area contributed by atoms with Crippen molar-refractivity contribution in [1.82, 2.24) is 10.2 Å². The first kappa shape index (κ1) is 28.2. The second-order valence-electron chi connectivity index (χ2n) is 8.80. The molecule has 0 spiro atoms. The van der Waals surface area contributed by atoms with Crippen molar-refractivity contribution in [3.8, 4) is 0 Å². The molecule has 0 saturated heterocycles. The van der Waals surface area contributed by atoms with E-state index < -0.39 is 28.5 Å². The van der Waals surface area contributed by atoms with Crippen molar-refractivity contribution >= 4 is 39.1 Å². The Kier molecular flexibility index (Phi) is 9.34. The molecule has 0 fully saturated rings. The van der Waals surface area contributed by atoms with Crippen LogP contribution in [-0.4, -0.2) is 44.8 Å². The molecule has 3 aromatic carbocycles. The Morgan fingerprint density at radius 1 is 0.973 bits per heavy atom. The van der Waals surface area contributed by atoms with E-state index in [4.69, 9.17) is 11.6 Å². The van der Waals surface area contributed by atoms with E-state index in [1.807, 2.05) is 44.2 Å². The normalized spacial score (nSPS) is 12.0. The first-order valence-corrected chi connectivity index (χ1v) is 13.8. The van der Waals surface area contributed by atoms with Crippen LogP contribution in [0.15, 0.2) is 77.7 Å². The van der Waals surface area contributed by atoms with E-state index in [9.17, 15) is 18.0 Å². The second kappa shape index (κ2) is 12.3. The van der Waals surface area contributed by atoms with Gasteiger partial charge in [0.1, 0.15) is 12.6 Å². The fourth-order valence-electron chi connectivity index (χ4n) is 4.07. The lowest BCUT2D eigenvalue weighted by atomic mass is 10.1. The number of benzene rings is 3. The zero-order valence-electron chi connectivity index (χ0n) is 21.4. The van der Waals surface area contributed by atoms with Crippen LogP contribution in [0.4, 0.5) is 5.69 Å². The summed E-state index contributed by atoms with van der Waals surface area (Å²) in [5.41, 5.74) is 2.67. The Morgan fingerprint density at radius 2 is 1.62 bits per heavy atom. The number of aryl methyl sites for hydroxylation is 2. The molecule has 0 aliphatic heterocycles. The Morgan fingerprint density at radius 3 is 2.22 bits per heavy atom. The van der Waals surface area contributed by atoms with Gasteiger partial charge in [-0.1, -0.05) is 72.6 Å². The fraction of sp³-hybridized carbons (Fsp3) is 0.286. The first-order valence-electron chi connectivity index (χ1n) is 12.0. The summed E-state index contributed by atoms with van der Waals surface area (Å²) >= 11 is 6.25. The Bertz CT molecular complexity index is 1350. The van der Waals surface area contributed by atoms with Gasteiger partial charge < -0.3 is 10.2 Å². The van der Waals surface area contributed by atoms with Crippen LogP contribution in [0, 0.1) is 13.8 Å².